The van der Waals surface area contributed by atoms with Crippen LogP contribution in [0.2, 0.25) is 5.28 Å². The molecule has 0 spiro atoms. The van der Waals surface area contributed by atoms with Gasteiger partial charge in [-0.3, -0.25) is 9.69 Å². The molecule has 0 bridgehead atoms. The highest BCUT2D eigenvalue weighted by atomic mass is 35.5. The molecule has 1 aromatic rings. The number of aromatic nitrogens is 2. The average molecular weight is 302 g/mol. The summed E-state index contributed by atoms with van der Waals surface area (Å²) in [5.41, 5.74) is 0.753. The maximum atomic E-state index is 12.1. The van der Waals surface area contributed by atoms with Crippen LogP contribution in [-0.2, 0) is 21.1 Å². The third kappa shape index (κ3) is 2.32. The van der Waals surface area contributed by atoms with Crippen molar-refractivity contribution in [1.29, 1.82) is 0 Å². The SMILES string of the molecule is O=C1Cc2cnc(Cl)nc2N1C1CCS(=O)(=O)CC1. The summed E-state index contributed by atoms with van der Waals surface area (Å²) in [6, 6.07) is -0.108. The molecule has 0 N–H and O–H groups in total. The standard InChI is InChI=1S/C11H12ClN3O3S/c12-11-13-6-7-5-9(16)15(10(7)14-11)8-1-3-19(17,18)4-2-8/h6,8H,1-5H2. The van der Waals surface area contributed by atoms with Gasteiger partial charge in [0.15, 0.2) is 0 Å². The van der Waals surface area contributed by atoms with Crippen LogP contribution in [0.1, 0.15) is 18.4 Å². The van der Waals surface area contributed by atoms with Crippen LogP contribution in [0, 0.1) is 0 Å². The van der Waals surface area contributed by atoms with Gasteiger partial charge < -0.3 is 0 Å². The number of rotatable bonds is 1. The molecule has 3 rings (SSSR count). The maximum Gasteiger partial charge on any atom is 0.233 e. The van der Waals surface area contributed by atoms with E-state index in [0.29, 0.717) is 18.7 Å². The Morgan fingerprint density at radius 1 is 1.32 bits per heavy atom. The summed E-state index contributed by atoms with van der Waals surface area (Å²) >= 11 is 5.76. The van der Waals surface area contributed by atoms with Gasteiger partial charge in [0.1, 0.15) is 15.7 Å². The normalized spacial score (nSPS) is 22.6. The Hall–Kier alpha value is -1.21. The van der Waals surface area contributed by atoms with Crippen molar-refractivity contribution in [2.75, 3.05) is 16.4 Å². The number of amides is 1. The number of hydrogen-bond donors (Lipinski definition) is 0. The average Bonchev–Trinajstić information content (AvgIpc) is 2.65. The van der Waals surface area contributed by atoms with Crippen LogP contribution >= 0.6 is 11.6 Å². The van der Waals surface area contributed by atoms with Crippen LogP contribution < -0.4 is 4.90 Å². The summed E-state index contributed by atoms with van der Waals surface area (Å²) in [5.74, 6) is 0.718. The first-order chi connectivity index (χ1) is 8.96. The van der Waals surface area contributed by atoms with E-state index in [1.165, 1.54) is 0 Å². The van der Waals surface area contributed by atoms with Crippen molar-refractivity contribution in [3.63, 3.8) is 0 Å². The molecule has 3 heterocycles. The van der Waals surface area contributed by atoms with Crippen LogP contribution in [0.4, 0.5) is 5.82 Å². The predicted molar refractivity (Wildman–Crippen MR) is 69.9 cm³/mol. The molecule has 0 saturated carbocycles. The van der Waals surface area contributed by atoms with Crippen LogP contribution in [0.15, 0.2) is 6.20 Å². The second-order valence-electron chi connectivity index (χ2n) is 4.81. The predicted octanol–water partition coefficient (Wildman–Crippen LogP) is 0.596. The zero-order valence-electron chi connectivity index (χ0n) is 10.0. The van der Waals surface area contributed by atoms with Gasteiger partial charge in [-0.1, -0.05) is 0 Å². The van der Waals surface area contributed by atoms with E-state index in [1.54, 1.807) is 11.1 Å². The fourth-order valence-corrected chi connectivity index (χ4v) is 4.18. The summed E-state index contributed by atoms with van der Waals surface area (Å²) in [4.78, 5) is 21.6. The highest BCUT2D eigenvalue weighted by molar-refractivity contribution is 7.91. The molecule has 1 amide bonds. The second-order valence-corrected chi connectivity index (χ2v) is 7.45. The molecule has 2 aliphatic heterocycles. The number of nitrogens with zero attached hydrogens (tertiary/aromatic N) is 3. The van der Waals surface area contributed by atoms with Crippen molar-refractivity contribution in [2.24, 2.45) is 0 Å². The van der Waals surface area contributed by atoms with Crippen molar-refractivity contribution >= 4 is 33.2 Å². The Balaban J connectivity index is 1.90. The minimum atomic E-state index is -2.95. The van der Waals surface area contributed by atoms with Crippen molar-refractivity contribution in [3.05, 3.63) is 17.0 Å². The van der Waals surface area contributed by atoms with Gasteiger partial charge in [-0.25, -0.2) is 13.4 Å². The van der Waals surface area contributed by atoms with E-state index in [9.17, 15) is 13.2 Å². The van der Waals surface area contributed by atoms with Crippen molar-refractivity contribution in [2.45, 2.75) is 25.3 Å². The van der Waals surface area contributed by atoms with E-state index >= 15 is 0 Å². The third-order valence-corrected chi connectivity index (χ3v) is 5.44. The van der Waals surface area contributed by atoms with Gasteiger partial charge in [0.25, 0.3) is 0 Å². The number of anilines is 1. The second kappa shape index (κ2) is 4.42. The smallest absolute Gasteiger partial charge is 0.233 e. The molecule has 0 aromatic carbocycles. The first-order valence-corrected chi connectivity index (χ1v) is 8.20. The first kappa shape index (κ1) is 12.8. The summed E-state index contributed by atoms with van der Waals surface area (Å²) < 4.78 is 22.9. The Morgan fingerprint density at radius 3 is 2.68 bits per heavy atom. The fraction of sp³-hybridized carbons (Fsp3) is 0.545. The summed E-state index contributed by atoms with van der Waals surface area (Å²) in [5, 5.41) is 0.0990. The Bertz CT molecular complexity index is 633. The van der Waals surface area contributed by atoms with Gasteiger partial charge >= 0.3 is 0 Å². The number of sulfone groups is 1. The van der Waals surface area contributed by atoms with Crippen molar-refractivity contribution in [3.8, 4) is 0 Å². The molecule has 102 valence electrons. The largest absolute Gasteiger partial charge is 0.293 e. The number of halogens is 1. The van der Waals surface area contributed by atoms with E-state index in [2.05, 4.69) is 9.97 Å². The van der Waals surface area contributed by atoms with Crippen molar-refractivity contribution < 1.29 is 13.2 Å². The minimum Gasteiger partial charge on any atom is -0.293 e. The van der Waals surface area contributed by atoms with E-state index in [4.69, 9.17) is 11.6 Å². The molecule has 0 radical (unpaired) electrons. The molecular weight excluding hydrogens is 290 g/mol. The molecule has 1 fully saturated rings. The molecule has 19 heavy (non-hydrogen) atoms. The molecule has 8 heteroatoms. The van der Waals surface area contributed by atoms with Crippen LogP contribution in [-0.4, -0.2) is 41.8 Å². The van der Waals surface area contributed by atoms with E-state index in [0.717, 1.165) is 5.56 Å². The zero-order valence-corrected chi connectivity index (χ0v) is 11.6. The van der Waals surface area contributed by atoms with Gasteiger partial charge in [0, 0.05) is 17.8 Å². The summed E-state index contributed by atoms with van der Waals surface area (Å²) in [6.07, 6.45) is 2.72. The van der Waals surface area contributed by atoms with Gasteiger partial charge in [-0.2, -0.15) is 4.98 Å². The molecule has 0 atom stereocenters. The summed E-state index contributed by atoms with van der Waals surface area (Å²) in [6.45, 7) is 0. The topological polar surface area (TPSA) is 80.2 Å². The molecule has 1 saturated heterocycles. The van der Waals surface area contributed by atoms with Gasteiger partial charge in [0.05, 0.1) is 17.9 Å². The molecule has 6 nitrogen and oxygen atoms in total. The number of hydrogen-bond acceptors (Lipinski definition) is 5. The quantitative estimate of drug-likeness (QED) is 0.710. The van der Waals surface area contributed by atoms with Crippen LogP contribution in [0.3, 0.4) is 0 Å². The van der Waals surface area contributed by atoms with E-state index in [1.807, 2.05) is 0 Å². The lowest BCUT2D eigenvalue weighted by Gasteiger charge is -2.30. The lowest BCUT2D eigenvalue weighted by Crippen LogP contribution is -2.43. The molecule has 2 aliphatic rings. The van der Waals surface area contributed by atoms with Crippen molar-refractivity contribution in [1.82, 2.24) is 9.97 Å². The molecule has 1 aromatic heterocycles. The first-order valence-electron chi connectivity index (χ1n) is 6.00. The fourth-order valence-electron chi connectivity index (χ4n) is 2.59. The van der Waals surface area contributed by atoms with Crippen LogP contribution in [0.25, 0.3) is 0 Å². The lowest BCUT2D eigenvalue weighted by molar-refractivity contribution is -0.117. The van der Waals surface area contributed by atoms with Crippen LogP contribution in [0.5, 0.6) is 0 Å². The Kier molecular flexibility index (Phi) is 2.98. The molecular formula is C11H12ClN3O3S. The van der Waals surface area contributed by atoms with E-state index in [-0.39, 0.29) is 35.2 Å². The van der Waals surface area contributed by atoms with Gasteiger partial charge in [-0.05, 0) is 24.4 Å². The molecule has 0 unspecified atom stereocenters. The van der Waals surface area contributed by atoms with Gasteiger partial charge in [-0.15, -0.1) is 0 Å². The number of fused-ring (bicyclic) bond motifs is 1. The summed E-state index contributed by atoms with van der Waals surface area (Å²) in [7, 11) is -2.95. The highest BCUT2D eigenvalue weighted by Crippen LogP contribution is 2.32. The number of carbonyl (C=O) groups excluding carboxylic acids is 1. The Labute approximate surface area is 115 Å². The Morgan fingerprint density at radius 2 is 2.00 bits per heavy atom. The highest BCUT2D eigenvalue weighted by Gasteiger charge is 2.37. The monoisotopic (exact) mass is 301 g/mol. The van der Waals surface area contributed by atoms with E-state index < -0.39 is 9.84 Å². The zero-order chi connectivity index (χ0) is 13.6. The molecule has 0 aliphatic carbocycles. The van der Waals surface area contributed by atoms with Gasteiger partial charge in [0.2, 0.25) is 11.2 Å². The maximum absolute atomic E-state index is 12.1. The minimum absolute atomic E-state index is 0.0594. The third-order valence-electron chi connectivity index (χ3n) is 3.54. The number of carbonyl (C=O) groups is 1. The lowest BCUT2D eigenvalue weighted by atomic mass is 10.1.